The third-order valence-corrected chi connectivity index (χ3v) is 7.30. The molecule has 132 valence electrons. The van der Waals surface area contributed by atoms with Gasteiger partial charge in [-0.05, 0) is 29.9 Å². The molecule has 1 heterocycles. The van der Waals surface area contributed by atoms with E-state index in [9.17, 15) is 13.2 Å². The zero-order chi connectivity index (χ0) is 17.5. The smallest absolute Gasteiger partial charge is 0.118 e. The number of alkyl halides is 3. The van der Waals surface area contributed by atoms with E-state index in [2.05, 4.69) is 20.8 Å². The fraction of sp³-hybridized carbons (Fsp3) is 0.600. The van der Waals surface area contributed by atoms with Gasteiger partial charge < -0.3 is 0 Å². The molecule has 24 heavy (non-hydrogen) atoms. The van der Waals surface area contributed by atoms with Gasteiger partial charge in [-0.25, -0.2) is 0 Å². The van der Waals surface area contributed by atoms with Gasteiger partial charge in [-0.1, -0.05) is 52.5 Å². The summed E-state index contributed by atoms with van der Waals surface area (Å²) in [5.74, 6) is 0.0999. The summed E-state index contributed by atoms with van der Waals surface area (Å²) < 4.78 is 42.3. The quantitative estimate of drug-likeness (QED) is 0.361. The lowest BCUT2D eigenvalue weighted by molar-refractivity contribution is -0.0868. The number of rotatable bonds is 1. The Morgan fingerprint density at radius 2 is 1.54 bits per heavy atom. The van der Waals surface area contributed by atoms with Crippen molar-refractivity contribution in [2.75, 3.05) is 0 Å². The molecule has 1 aromatic heterocycles. The average Bonchev–Trinajstić information content (AvgIpc) is 2.65. The monoisotopic (exact) mass is 355 g/mol. The van der Waals surface area contributed by atoms with Crippen LogP contribution < -0.4 is 0 Å². The second-order valence-corrected chi connectivity index (χ2v) is 9.98. The molecule has 0 nitrogen and oxygen atoms in total. The van der Waals surface area contributed by atoms with E-state index in [-0.39, 0.29) is 11.3 Å². The minimum atomic E-state index is -4.18. The van der Waals surface area contributed by atoms with E-state index in [4.69, 9.17) is 0 Å². The molecule has 2 aromatic rings. The first-order valence-corrected chi connectivity index (χ1v) is 10.1. The van der Waals surface area contributed by atoms with Crippen LogP contribution in [0.3, 0.4) is 0 Å². The Labute approximate surface area is 145 Å². The zero-order valence-electron chi connectivity index (χ0n) is 14.7. The Kier molecular flexibility index (Phi) is 4.71. The van der Waals surface area contributed by atoms with E-state index >= 15 is 0 Å². The summed E-state index contributed by atoms with van der Waals surface area (Å²) in [5, 5.41) is 0.780. The summed E-state index contributed by atoms with van der Waals surface area (Å²) in [6.07, 6.45) is 6.24. The number of thiophene rings is 1. The van der Waals surface area contributed by atoms with Gasteiger partial charge in [0.1, 0.15) is 0 Å². The SMILES string of the molecule is CC(C)(C)c1ccc2cc(C3CCCCCC3)[s+](C(F)(F)F)c2c1. The summed E-state index contributed by atoms with van der Waals surface area (Å²) in [6.45, 7) is 6.15. The highest BCUT2D eigenvalue weighted by Crippen LogP contribution is 2.55. The van der Waals surface area contributed by atoms with Crippen LogP contribution in [0.2, 0.25) is 0 Å². The van der Waals surface area contributed by atoms with Crippen molar-refractivity contribution < 1.29 is 13.2 Å². The molecule has 0 saturated heterocycles. The number of benzene rings is 1. The highest BCUT2D eigenvalue weighted by molar-refractivity contribution is 7.38. The van der Waals surface area contributed by atoms with Crippen molar-refractivity contribution >= 4 is 20.6 Å². The van der Waals surface area contributed by atoms with Gasteiger partial charge in [0.15, 0.2) is 9.58 Å². The Morgan fingerprint density at radius 1 is 0.917 bits per heavy atom. The van der Waals surface area contributed by atoms with Crippen molar-refractivity contribution in [3.05, 3.63) is 34.7 Å². The first-order valence-electron chi connectivity index (χ1n) is 8.85. The molecular formula is C20H26F3S+. The van der Waals surface area contributed by atoms with Gasteiger partial charge in [0.2, 0.25) is 0 Å². The maximum atomic E-state index is 13.9. The average molecular weight is 355 g/mol. The van der Waals surface area contributed by atoms with Crippen molar-refractivity contribution in [2.45, 2.75) is 76.1 Å². The third-order valence-electron chi connectivity index (χ3n) is 5.12. The lowest BCUT2D eigenvalue weighted by atomic mass is 9.87. The normalized spacial score (nSPS) is 18.8. The van der Waals surface area contributed by atoms with Gasteiger partial charge in [0.25, 0.3) is 0 Å². The lowest BCUT2D eigenvalue weighted by Crippen LogP contribution is -2.10. The zero-order valence-corrected chi connectivity index (χ0v) is 15.5. The van der Waals surface area contributed by atoms with E-state index in [0.29, 0.717) is 9.58 Å². The van der Waals surface area contributed by atoms with Gasteiger partial charge in [0.05, 0.1) is 10.5 Å². The van der Waals surface area contributed by atoms with E-state index < -0.39 is 16.0 Å². The van der Waals surface area contributed by atoms with Gasteiger partial charge in [0, 0.05) is 23.4 Å². The van der Waals surface area contributed by atoms with E-state index in [0.717, 1.165) is 49.5 Å². The van der Waals surface area contributed by atoms with Crippen LogP contribution in [0.1, 0.15) is 75.7 Å². The maximum Gasteiger partial charge on any atom is 0.600 e. The second-order valence-electron chi connectivity index (χ2n) is 7.99. The Morgan fingerprint density at radius 3 is 2.08 bits per heavy atom. The van der Waals surface area contributed by atoms with Crippen LogP contribution in [0.25, 0.3) is 10.1 Å². The number of hydrogen-bond acceptors (Lipinski definition) is 0. The molecule has 1 aliphatic carbocycles. The van der Waals surface area contributed by atoms with Crippen molar-refractivity contribution in [3.63, 3.8) is 0 Å². The fourth-order valence-corrected chi connectivity index (χ4v) is 5.93. The largest absolute Gasteiger partial charge is 0.600 e. The van der Waals surface area contributed by atoms with E-state index in [1.165, 1.54) is 0 Å². The fourth-order valence-electron chi connectivity index (χ4n) is 3.74. The molecule has 3 rings (SSSR count). The molecule has 1 fully saturated rings. The van der Waals surface area contributed by atoms with Crippen LogP contribution in [0.4, 0.5) is 13.2 Å². The highest BCUT2D eigenvalue weighted by Gasteiger charge is 2.49. The number of hydrogen-bond donors (Lipinski definition) is 0. The van der Waals surface area contributed by atoms with E-state index in [1.807, 2.05) is 24.3 Å². The summed E-state index contributed by atoms with van der Waals surface area (Å²) >= 11 is 0. The summed E-state index contributed by atoms with van der Waals surface area (Å²) in [6, 6.07) is 7.55. The molecule has 0 N–H and O–H groups in total. The molecule has 1 saturated carbocycles. The van der Waals surface area contributed by atoms with Crippen LogP contribution in [0.5, 0.6) is 0 Å². The van der Waals surface area contributed by atoms with Crippen molar-refractivity contribution in [2.24, 2.45) is 0 Å². The van der Waals surface area contributed by atoms with Gasteiger partial charge in [-0.2, -0.15) is 0 Å². The minimum absolute atomic E-state index is 0.0999. The molecule has 0 amide bonds. The molecule has 0 bridgehead atoms. The van der Waals surface area contributed by atoms with Crippen LogP contribution in [-0.4, -0.2) is 0 Å². The molecule has 1 aromatic carbocycles. The van der Waals surface area contributed by atoms with Gasteiger partial charge in [-0.3, -0.25) is 0 Å². The predicted octanol–water partition coefficient (Wildman–Crippen LogP) is 7.80. The Hall–Kier alpha value is -1.03. The Bertz CT molecular complexity index is 711. The van der Waals surface area contributed by atoms with Crippen molar-refractivity contribution in [3.8, 4) is 0 Å². The molecule has 0 spiro atoms. The molecule has 4 heteroatoms. The van der Waals surface area contributed by atoms with Crippen LogP contribution in [0.15, 0.2) is 24.3 Å². The summed E-state index contributed by atoms with van der Waals surface area (Å²) in [7, 11) is -1.75. The number of halogens is 3. The molecule has 0 radical (unpaired) electrons. The van der Waals surface area contributed by atoms with Crippen LogP contribution >= 0.6 is 10.5 Å². The maximum absolute atomic E-state index is 13.9. The standard InChI is InChI=1S/C20H26F3S/c1-19(2,3)16-11-10-15-12-17(14-8-6-4-5-7-9-14)24(18(15)13-16)20(21,22)23/h10-14H,4-9H2,1-3H3/q+1. The molecular weight excluding hydrogens is 329 g/mol. The van der Waals surface area contributed by atoms with Gasteiger partial charge >= 0.3 is 5.51 Å². The van der Waals surface area contributed by atoms with Gasteiger partial charge in [-0.15, -0.1) is 13.2 Å². The van der Waals surface area contributed by atoms with E-state index in [1.54, 1.807) is 0 Å². The topological polar surface area (TPSA) is 0 Å². The minimum Gasteiger partial charge on any atom is -0.118 e. The third kappa shape index (κ3) is 3.49. The predicted molar refractivity (Wildman–Crippen MR) is 96.9 cm³/mol. The molecule has 1 atom stereocenters. The summed E-state index contributed by atoms with van der Waals surface area (Å²) in [4.78, 5) is 0.644. The first-order chi connectivity index (χ1) is 11.2. The second kappa shape index (κ2) is 6.36. The highest BCUT2D eigenvalue weighted by atomic mass is 32.2. The van der Waals surface area contributed by atoms with Crippen molar-refractivity contribution in [1.29, 1.82) is 0 Å². The summed E-state index contributed by atoms with van der Waals surface area (Å²) in [5.41, 5.74) is -3.33. The molecule has 0 aliphatic heterocycles. The van der Waals surface area contributed by atoms with Crippen LogP contribution in [0, 0.1) is 0 Å². The number of fused-ring (bicyclic) bond motifs is 1. The lowest BCUT2D eigenvalue weighted by Gasteiger charge is -2.18. The Balaban J connectivity index is 2.18. The van der Waals surface area contributed by atoms with Crippen LogP contribution in [-0.2, 0) is 10.9 Å². The molecule has 1 aliphatic rings. The molecule has 1 unspecified atom stereocenters. The van der Waals surface area contributed by atoms with Crippen molar-refractivity contribution in [1.82, 2.24) is 0 Å². The first kappa shape index (κ1) is 17.8.